The molecule has 3 heteroatoms. The Morgan fingerprint density at radius 2 is 1.89 bits per heavy atom. The first-order valence-electron chi connectivity index (χ1n) is 6.19. The first-order valence-corrected chi connectivity index (χ1v) is 6.19. The van der Waals surface area contributed by atoms with Crippen LogP contribution in [0.5, 0.6) is 5.75 Å². The van der Waals surface area contributed by atoms with Gasteiger partial charge in [0.2, 0.25) is 0 Å². The first-order chi connectivity index (χ1) is 9.13. The molecule has 0 atom stereocenters. The predicted molar refractivity (Wildman–Crippen MR) is 75.9 cm³/mol. The number of ether oxygens (including phenoxy) is 1. The molecule has 0 spiro atoms. The van der Waals surface area contributed by atoms with Crippen LogP contribution in [0.4, 0.5) is 0 Å². The van der Waals surface area contributed by atoms with Crippen molar-refractivity contribution >= 4 is 22.8 Å². The van der Waals surface area contributed by atoms with Gasteiger partial charge in [-0.15, -0.1) is 0 Å². The molecule has 0 aliphatic rings. The van der Waals surface area contributed by atoms with Gasteiger partial charge in [-0.05, 0) is 36.9 Å². The molecule has 2 aromatic carbocycles. The predicted octanol–water partition coefficient (Wildman–Crippen LogP) is 3.51. The monoisotopic (exact) mass is 256 g/mol. The van der Waals surface area contributed by atoms with E-state index in [1.54, 1.807) is 32.1 Å². The minimum absolute atomic E-state index is 0.238. The molecule has 0 unspecified atom stereocenters. The third-order valence-corrected chi connectivity index (χ3v) is 2.90. The summed E-state index contributed by atoms with van der Waals surface area (Å²) >= 11 is 0. The third kappa shape index (κ3) is 2.76. The molecule has 0 amide bonds. The lowest BCUT2D eigenvalue weighted by molar-refractivity contribution is -0.138. The molecule has 0 aliphatic carbocycles. The van der Waals surface area contributed by atoms with Crippen LogP contribution in [0.25, 0.3) is 16.8 Å². The fraction of sp³-hybridized carbons (Fsp3) is 0.188. The largest absolute Gasteiger partial charge is 0.507 e. The highest BCUT2D eigenvalue weighted by atomic mass is 16.5. The molecule has 0 radical (unpaired) electrons. The topological polar surface area (TPSA) is 46.5 Å². The zero-order chi connectivity index (χ0) is 13.8. The van der Waals surface area contributed by atoms with Crippen LogP contribution in [0.2, 0.25) is 0 Å². The van der Waals surface area contributed by atoms with Crippen LogP contribution in [0.3, 0.4) is 0 Å². The van der Waals surface area contributed by atoms with Gasteiger partial charge in [0, 0.05) is 11.0 Å². The summed E-state index contributed by atoms with van der Waals surface area (Å²) in [5.41, 5.74) is 1.43. The maximum absolute atomic E-state index is 11.6. The molecule has 2 rings (SSSR count). The van der Waals surface area contributed by atoms with Crippen molar-refractivity contribution in [2.45, 2.75) is 13.8 Å². The van der Waals surface area contributed by atoms with Gasteiger partial charge in [0.1, 0.15) is 5.75 Å². The van der Waals surface area contributed by atoms with E-state index in [1.165, 1.54) is 0 Å². The Hall–Kier alpha value is -2.29. The van der Waals surface area contributed by atoms with E-state index in [2.05, 4.69) is 0 Å². The Labute approximate surface area is 112 Å². The van der Waals surface area contributed by atoms with Crippen molar-refractivity contribution < 1.29 is 14.6 Å². The maximum Gasteiger partial charge on any atom is 0.333 e. The van der Waals surface area contributed by atoms with E-state index in [1.807, 2.05) is 24.3 Å². The van der Waals surface area contributed by atoms with Crippen molar-refractivity contribution in [3.05, 3.63) is 47.5 Å². The van der Waals surface area contributed by atoms with Gasteiger partial charge in [0.05, 0.1) is 6.61 Å². The van der Waals surface area contributed by atoms with Gasteiger partial charge in [-0.25, -0.2) is 4.79 Å². The zero-order valence-electron chi connectivity index (χ0n) is 11.0. The lowest BCUT2D eigenvalue weighted by atomic mass is 10.0. The van der Waals surface area contributed by atoms with Crippen molar-refractivity contribution in [2.75, 3.05) is 6.61 Å². The summed E-state index contributed by atoms with van der Waals surface area (Å²) in [6.07, 6.45) is 1.78. The van der Waals surface area contributed by atoms with E-state index in [0.29, 0.717) is 12.2 Å². The highest BCUT2D eigenvalue weighted by Gasteiger charge is 2.07. The molecular formula is C16H16O3. The van der Waals surface area contributed by atoms with E-state index < -0.39 is 0 Å². The molecule has 98 valence electrons. The fourth-order valence-electron chi connectivity index (χ4n) is 1.97. The minimum Gasteiger partial charge on any atom is -0.507 e. The summed E-state index contributed by atoms with van der Waals surface area (Å²) in [4.78, 5) is 11.6. The maximum atomic E-state index is 11.6. The van der Waals surface area contributed by atoms with E-state index in [0.717, 1.165) is 16.3 Å². The van der Waals surface area contributed by atoms with Gasteiger partial charge in [0.15, 0.2) is 0 Å². The van der Waals surface area contributed by atoms with Crippen molar-refractivity contribution in [3.63, 3.8) is 0 Å². The van der Waals surface area contributed by atoms with Crippen LogP contribution in [-0.4, -0.2) is 17.7 Å². The summed E-state index contributed by atoms with van der Waals surface area (Å²) in [6, 6.07) is 11.0. The van der Waals surface area contributed by atoms with Crippen LogP contribution in [-0.2, 0) is 9.53 Å². The number of fused-ring (bicyclic) bond motifs is 1. The number of hydrogen-bond acceptors (Lipinski definition) is 3. The van der Waals surface area contributed by atoms with Crippen molar-refractivity contribution in [1.82, 2.24) is 0 Å². The molecule has 0 bridgehead atoms. The molecule has 0 saturated heterocycles. The number of aromatic hydroxyl groups is 1. The quantitative estimate of drug-likeness (QED) is 0.675. The van der Waals surface area contributed by atoms with Crippen LogP contribution in [0, 0.1) is 0 Å². The lowest BCUT2D eigenvalue weighted by Gasteiger charge is -2.06. The molecule has 2 aromatic rings. The molecular weight excluding hydrogens is 240 g/mol. The smallest absolute Gasteiger partial charge is 0.333 e. The number of phenolic OH excluding ortho intramolecular Hbond substituents is 1. The Bertz CT molecular complexity index is 641. The van der Waals surface area contributed by atoms with Gasteiger partial charge >= 0.3 is 5.97 Å². The summed E-state index contributed by atoms with van der Waals surface area (Å²) in [5, 5.41) is 11.5. The molecule has 0 heterocycles. The number of hydrogen-bond donors (Lipinski definition) is 1. The first kappa shape index (κ1) is 13.1. The molecule has 19 heavy (non-hydrogen) atoms. The normalized spacial score (nSPS) is 11.6. The van der Waals surface area contributed by atoms with Crippen molar-refractivity contribution in [3.8, 4) is 5.75 Å². The van der Waals surface area contributed by atoms with E-state index in [9.17, 15) is 9.90 Å². The molecule has 0 aromatic heterocycles. The third-order valence-electron chi connectivity index (χ3n) is 2.90. The van der Waals surface area contributed by atoms with Gasteiger partial charge in [-0.2, -0.15) is 0 Å². The van der Waals surface area contributed by atoms with Crippen molar-refractivity contribution in [2.24, 2.45) is 0 Å². The Morgan fingerprint density at radius 3 is 2.58 bits per heavy atom. The average Bonchev–Trinajstić information content (AvgIpc) is 2.42. The Morgan fingerprint density at radius 1 is 1.21 bits per heavy atom. The summed E-state index contributed by atoms with van der Waals surface area (Å²) in [6.45, 7) is 3.86. The van der Waals surface area contributed by atoms with Gasteiger partial charge in [-0.1, -0.05) is 30.3 Å². The Balaban J connectivity index is 2.49. The summed E-state index contributed by atoms with van der Waals surface area (Å²) in [5.74, 6) is -0.0822. The second-order valence-corrected chi connectivity index (χ2v) is 4.27. The van der Waals surface area contributed by atoms with Gasteiger partial charge in [0.25, 0.3) is 0 Å². The average molecular weight is 256 g/mol. The summed E-state index contributed by atoms with van der Waals surface area (Å²) < 4.78 is 4.96. The molecule has 0 aliphatic heterocycles. The number of carbonyl (C=O) groups excluding carboxylic acids is 1. The van der Waals surface area contributed by atoms with Crippen LogP contribution < -0.4 is 0 Å². The van der Waals surface area contributed by atoms with Crippen LogP contribution >= 0.6 is 0 Å². The lowest BCUT2D eigenvalue weighted by Crippen LogP contribution is -2.04. The number of rotatable bonds is 3. The van der Waals surface area contributed by atoms with Crippen LogP contribution in [0.1, 0.15) is 19.4 Å². The highest BCUT2D eigenvalue weighted by molar-refractivity contribution is 5.99. The standard InChI is InChI=1S/C16H16O3/c1-3-19-16(18)11(2)10-12-8-9-15(17)14-7-5-4-6-13(12)14/h4-10,17H,3H2,1-2H3/b11-10+. The van der Waals surface area contributed by atoms with Crippen molar-refractivity contribution in [1.29, 1.82) is 0 Å². The van der Waals surface area contributed by atoms with E-state index in [-0.39, 0.29) is 11.7 Å². The highest BCUT2D eigenvalue weighted by Crippen LogP contribution is 2.28. The second-order valence-electron chi connectivity index (χ2n) is 4.27. The molecule has 0 saturated carbocycles. The van der Waals surface area contributed by atoms with Gasteiger partial charge in [-0.3, -0.25) is 0 Å². The molecule has 3 nitrogen and oxygen atoms in total. The number of phenols is 1. The number of benzene rings is 2. The Kier molecular flexibility index (Phi) is 3.85. The number of esters is 1. The van der Waals surface area contributed by atoms with E-state index >= 15 is 0 Å². The van der Waals surface area contributed by atoms with E-state index in [4.69, 9.17) is 4.74 Å². The van der Waals surface area contributed by atoms with Crippen LogP contribution in [0.15, 0.2) is 42.0 Å². The molecule has 0 fully saturated rings. The summed E-state index contributed by atoms with van der Waals surface area (Å²) in [7, 11) is 0. The fourth-order valence-corrected chi connectivity index (χ4v) is 1.97. The van der Waals surface area contributed by atoms with Gasteiger partial charge < -0.3 is 9.84 Å². The SMILES string of the molecule is CCOC(=O)/C(C)=C/c1ccc(O)c2ccccc12. The number of carbonyl (C=O) groups is 1. The minimum atomic E-state index is -0.320. The zero-order valence-corrected chi connectivity index (χ0v) is 11.0. The second kappa shape index (κ2) is 5.57. The molecule has 1 N–H and O–H groups in total.